The Balaban J connectivity index is 2.23. The van der Waals surface area contributed by atoms with E-state index in [9.17, 15) is 0 Å². The van der Waals surface area contributed by atoms with E-state index in [2.05, 4.69) is 48.4 Å². The minimum Gasteiger partial charge on any atom is -0.395 e. The van der Waals surface area contributed by atoms with Gasteiger partial charge in [0.2, 0.25) is 0 Å². The molecule has 0 aliphatic heterocycles. The van der Waals surface area contributed by atoms with Crippen molar-refractivity contribution >= 4 is 16.5 Å². The molecule has 1 heterocycles. The van der Waals surface area contributed by atoms with Gasteiger partial charge in [-0.1, -0.05) is 35.9 Å². The van der Waals surface area contributed by atoms with Crippen LogP contribution in [0.15, 0.2) is 36.4 Å². The van der Waals surface area contributed by atoms with Gasteiger partial charge in [0.15, 0.2) is 0 Å². The Hall–Kier alpha value is -2.29. The van der Waals surface area contributed by atoms with Crippen molar-refractivity contribution in [3.63, 3.8) is 0 Å². The SMILES string of the molecule is Cc1ccc2cc(-c3c(N)c(C)nn3C)ccc2c1. The normalized spacial score (nSPS) is 11.1. The molecular weight excluding hydrogens is 234 g/mol. The molecule has 3 nitrogen and oxygen atoms in total. The monoisotopic (exact) mass is 251 g/mol. The fraction of sp³-hybridized carbons (Fsp3) is 0.188. The lowest BCUT2D eigenvalue weighted by molar-refractivity contribution is 0.764. The van der Waals surface area contributed by atoms with Crippen molar-refractivity contribution in [1.82, 2.24) is 9.78 Å². The number of hydrogen-bond donors (Lipinski definition) is 1. The lowest BCUT2D eigenvalue weighted by Gasteiger charge is -2.06. The molecule has 0 saturated carbocycles. The minimum absolute atomic E-state index is 0.758. The zero-order valence-corrected chi connectivity index (χ0v) is 11.4. The van der Waals surface area contributed by atoms with E-state index in [-0.39, 0.29) is 0 Å². The molecule has 2 N–H and O–H groups in total. The summed E-state index contributed by atoms with van der Waals surface area (Å²) in [5, 5.41) is 6.85. The molecule has 0 aliphatic rings. The number of anilines is 1. The van der Waals surface area contributed by atoms with Crippen LogP contribution in [0.1, 0.15) is 11.3 Å². The van der Waals surface area contributed by atoms with Gasteiger partial charge in [0.1, 0.15) is 0 Å². The van der Waals surface area contributed by atoms with E-state index in [4.69, 9.17) is 5.73 Å². The van der Waals surface area contributed by atoms with Crippen LogP contribution in [0, 0.1) is 13.8 Å². The van der Waals surface area contributed by atoms with E-state index in [0.717, 1.165) is 22.6 Å². The number of nitrogens with two attached hydrogens (primary N) is 1. The Morgan fingerprint density at radius 2 is 1.68 bits per heavy atom. The molecule has 0 bridgehead atoms. The first-order valence-corrected chi connectivity index (χ1v) is 6.36. The van der Waals surface area contributed by atoms with Gasteiger partial charge in [-0.15, -0.1) is 0 Å². The van der Waals surface area contributed by atoms with E-state index < -0.39 is 0 Å². The fourth-order valence-electron chi connectivity index (χ4n) is 2.53. The van der Waals surface area contributed by atoms with Crippen LogP contribution < -0.4 is 5.73 Å². The lowest BCUT2D eigenvalue weighted by Crippen LogP contribution is -1.95. The quantitative estimate of drug-likeness (QED) is 0.720. The summed E-state index contributed by atoms with van der Waals surface area (Å²) >= 11 is 0. The van der Waals surface area contributed by atoms with Gasteiger partial charge in [-0.2, -0.15) is 5.10 Å². The van der Waals surface area contributed by atoms with Gasteiger partial charge in [0, 0.05) is 12.6 Å². The maximum Gasteiger partial charge on any atom is 0.0911 e. The summed E-state index contributed by atoms with van der Waals surface area (Å²) in [7, 11) is 1.93. The average molecular weight is 251 g/mol. The minimum atomic E-state index is 0.758. The highest BCUT2D eigenvalue weighted by molar-refractivity contribution is 5.89. The number of hydrogen-bond acceptors (Lipinski definition) is 2. The van der Waals surface area contributed by atoms with Crippen LogP contribution in [0.3, 0.4) is 0 Å². The van der Waals surface area contributed by atoms with Gasteiger partial charge in [0.05, 0.1) is 17.1 Å². The van der Waals surface area contributed by atoms with Gasteiger partial charge in [0.25, 0.3) is 0 Å². The largest absolute Gasteiger partial charge is 0.395 e. The Kier molecular flexibility index (Phi) is 2.56. The van der Waals surface area contributed by atoms with E-state index in [1.165, 1.54) is 16.3 Å². The molecule has 3 heteroatoms. The highest BCUT2D eigenvalue weighted by atomic mass is 15.3. The standard InChI is InChI=1S/C16H17N3/c1-10-4-5-13-9-14(7-6-12(13)8-10)16-15(17)11(2)18-19(16)3/h4-9H,17H2,1-3H3. The molecule has 1 aromatic heterocycles. The number of benzene rings is 2. The second kappa shape index (κ2) is 4.12. The lowest BCUT2D eigenvalue weighted by atomic mass is 10.0. The topological polar surface area (TPSA) is 43.8 Å². The summed E-state index contributed by atoms with van der Waals surface area (Å²) < 4.78 is 1.85. The summed E-state index contributed by atoms with van der Waals surface area (Å²) in [5.74, 6) is 0. The molecule has 0 unspecified atom stereocenters. The van der Waals surface area contributed by atoms with Gasteiger partial charge in [-0.05, 0) is 30.7 Å². The molecule has 0 amide bonds. The fourth-order valence-corrected chi connectivity index (χ4v) is 2.53. The Labute approximate surface area is 112 Å². The summed E-state index contributed by atoms with van der Waals surface area (Å²) in [6, 6.07) is 12.9. The van der Waals surface area contributed by atoms with E-state index in [1.807, 2.05) is 18.7 Å². The second-order valence-electron chi connectivity index (χ2n) is 5.04. The number of aryl methyl sites for hydroxylation is 3. The van der Waals surface area contributed by atoms with Crippen molar-refractivity contribution in [2.24, 2.45) is 7.05 Å². The summed E-state index contributed by atoms with van der Waals surface area (Å²) in [6.07, 6.45) is 0. The first-order chi connectivity index (χ1) is 9.06. The molecule has 3 rings (SSSR count). The number of nitrogens with zero attached hydrogens (tertiary/aromatic N) is 2. The third-order valence-corrected chi connectivity index (χ3v) is 3.54. The van der Waals surface area contributed by atoms with E-state index in [0.29, 0.717) is 0 Å². The van der Waals surface area contributed by atoms with Crippen molar-refractivity contribution in [2.45, 2.75) is 13.8 Å². The molecule has 0 spiro atoms. The van der Waals surface area contributed by atoms with Crippen LogP contribution >= 0.6 is 0 Å². The van der Waals surface area contributed by atoms with Gasteiger partial charge in [-0.25, -0.2) is 0 Å². The van der Waals surface area contributed by atoms with Crippen molar-refractivity contribution in [3.05, 3.63) is 47.7 Å². The van der Waals surface area contributed by atoms with E-state index >= 15 is 0 Å². The number of aromatic nitrogens is 2. The van der Waals surface area contributed by atoms with Gasteiger partial charge >= 0.3 is 0 Å². The maximum absolute atomic E-state index is 6.12. The number of fused-ring (bicyclic) bond motifs is 1. The van der Waals surface area contributed by atoms with Crippen LogP contribution in [0.2, 0.25) is 0 Å². The highest BCUT2D eigenvalue weighted by Gasteiger charge is 2.12. The van der Waals surface area contributed by atoms with E-state index in [1.54, 1.807) is 0 Å². The Morgan fingerprint density at radius 3 is 2.37 bits per heavy atom. The third-order valence-electron chi connectivity index (χ3n) is 3.54. The summed E-state index contributed by atoms with van der Waals surface area (Å²) in [5.41, 5.74) is 11.1. The van der Waals surface area contributed by atoms with Crippen LogP contribution in [-0.2, 0) is 7.05 Å². The van der Waals surface area contributed by atoms with Crippen molar-refractivity contribution in [1.29, 1.82) is 0 Å². The molecule has 19 heavy (non-hydrogen) atoms. The smallest absolute Gasteiger partial charge is 0.0911 e. The molecule has 0 fully saturated rings. The molecular formula is C16H17N3. The van der Waals surface area contributed by atoms with Crippen molar-refractivity contribution < 1.29 is 0 Å². The molecule has 96 valence electrons. The molecule has 0 radical (unpaired) electrons. The summed E-state index contributed by atoms with van der Waals surface area (Å²) in [4.78, 5) is 0. The zero-order valence-electron chi connectivity index (χ0n) is 11.4. The van der Waals surface area contributed by atoms with Gasteiger partial charge in [-0.3, -0.25) is 4.68 Å². The average Bonchev–Trinajstić information content (AvgIpc) is 2.63. The first kappa shape index (κ1) is 11.8. The molecule has 0 aliphatic carbocycles. The molecule has 2 aromatic carbocycles. The van der Waals surface area contributed by atoms with Crippen LogP contribution in [0.4, 0.5) is 5.69 Å². The van der Waals surface area contributed by atoms with Crippen molar-refractivity contribution in [2.75, 3.05) is 5.73 Å². The predicted molar refractivity (Wildman–Crippen MR) is 80.0 cm³/mol. The van der Waals surface area contributed by atoms with Gasteiger partial charge < -0.3 is 5.73 Å². The van der Waals surface area contributed by atoms with Crippen LogP contribution in [0.25, 0.3) is 22.0 Å². The third kappa shape index (κ3) is 1.87. The van der Waals surface area contributed by atoms with Crippen LogP contribution in [-0.4, -0.2) is 9.78 Å². The Morgan fingerprint density at radius 1 is 1.00 bits per heavy atom. The maximum atomic E-state index is 6.12. The second-order valence-corrected chi connectivity index (χ2v) is 5.04. The molecule has 3 aromatic rings. The number of nitrogen functional groups attached to an aromatic ring is 1. The van der Waals surface area contributed by atoms with Crippen LogP contribution in [0.5, 0.6) is 0 Å². The van der Waals surface area contributed by atoms with Crippen molar-refractivity contribution in [3.8, 4) is 11.3 Å². The first-order valence-electron chi connectivity index (χ1n) is 6.36. The highest BCUT2D eigenvalue weighted by Crippen LogP contribution is 2.30. The Bertz CT molecular complexity index is 769. The molecule has 0 atom stereocenters. The predicted octanol–water partition coefficient (Wildman–Crippen LogP) is 3.44. The number of rotatable bonds is 1. The zero-order chi connectivity index (χ0) is 13.6. The summed E-state index contributed by atoms with van der Waals surface area (Å²) in [6.45, 7) is 4.04. The molecule has 0 saturated heterocycles.